The van der Waals surface area contributed by atoms with Crippen molar-refractivity contribution in [3.05, 3.63) is 0 Å². The molecule has 3 heterocycles. The quantitative estimate of drug-likeness (QED) is 0.824. The van der Waals surface area contributed by atoms with Gasteiger partial charge in [-0.15, -0.1) is 12.4 Å². The maximum atomic E-state index is 3.47. The summed E-state index contributed by atoms with van der Waals surface area (Å²) in [5, 5.41) is 3.47. The predicted molar refractivity (Wildman–Crippen MR) is 78.5 cm³/mol. The van der Waals surface area contributed by atoms with Crippen LogP contribution in [0.15, 0.2) is 0 Å². The van der Waals surface area contributed by atoms with E-state index in [0.29, 0.717) is 0 Å². The molecule has 2 atom stereocenters. The average Bonchev–Trinajstić information content (AvgIpc) is 2.78. The van der Waals surface area contributed by atoms with Crippen molar-refractivity contribution in [1.29, 1.82) is 0 Å². The largest absolute Gasteiger partial charge is 0.317 e. The second kappa shape index (κ2) is 6.56. The highest BCUT2D eigenvalue weighted by atomic mass is 35.5. The van der Waals surface area contributed by atoms with Crippen LogP contribution in [0.1, 0.15) is 32.6 Å². The van der Waals surface area contributed by atoms with Crippen molar-refractivity contribution in [2.24, 2.45) is 5.92 Å². The van der Waals surface area contributed by atoms with Crippen LogP contribution in [0, 0.1) is 5.92 Å². The fourth-order valence-electron chi connectivity index (χ4n) is 3.90. The van der Waals surface area contributed by atoms with Crippen LogP contribution < -0.4 is 5.32 Å². The van der Waals surface area contributed by atoms with Crippen LogP contribution in [0.25, 0.3) is 0 Å². The molecule has 106 valence electrons. The molecule has 3 aliphatic rings. The van der Waals surface area contributed by atoms with Gasteiger partial charge in [-0.2, -0.15) is 0 Å². The van der Waals surface area contributed by atoms with Crippen LogP contribution in [0.2, 0.25) is 0 Å². The topological polar surface area (TPSA) is 18.5 Å². The van der Waals surface area contributed by atoms with Gasteiger partial charge in [-0.1, -0.05) is 0 Å². The molecule has 0 saturated carbocycles. The number of nitrogens with zero attached hydrogens (tertiary/aromatic N) is 2. The Morgan fingerprint density at radius 2 is 1.89 bits per heavy atom. The van der Waals surface area contributed by atoms with Gasteiger partial charge in [0, 0.05) is 31.7 Å². The first-order valence-corrected chi connectivity index (χ1v) is 7.52. The first-order chi connectivity index (χ1) is 8.33. The highest BCUT2D eigenvalue weighted by Crippen LogP contribution is 2.26. The molecule has 0 aromatic carbocycles. The van der Waals surface area contributed by atoms with Crippen molar-refractivity contribution >= 4 is 12.4 Å². The zero-order valence-corrected chi connectivity index (χ0v) is 12.4. The molecule has 3 nitrogen and oxygen atoms in total. The third-order valence-corrected chi connectivity index (χ3v) is 5.02. The number of piperazine rings is 1. The van der Waals surface area contributed by atoms with Gasteiger partial charge in [0.1, 0.15) is 0 Å². The minimum Gasteiger partial charge on any atom is -0.317 e. The van der Waals surface area contributed by atoms with E-state index in [4.69, 9.17) is 0 Å². The van der Waals surface area contributed by atoms with E-state index in [1.54, 1.807) is 0 Å². The van der Waals surface area contributed by atoms with E-state index in [9.17, 15) is 0 Å². The second-order valence-electron chi connectivity index (χ2n) is 6.29. The van der Waals surface area contributed by atoms with E-state index in [2.05, 4.69) is 22.0 Å². The van der Waals surface area contributed by atoms with E-state index < -0.39 is 0 Å². The summed E-state index contributed by atoms with van der Waals surface area (Å²) in [5.41, 5.74) is 0. The Hall–Kier alpha value is 0.170. The lowest BCUT2D eigenvalue weighted by Gasteiger charge is -2.44. The lowest BCUT2D eigenvalue weighted by Crippen LogP contribution is -2.56. The van der Waals surface area contributed by atoms with Gasteiger partial charge in [-0.05, 0) is 58.2 Å². The molecule has 2 unspecified atom stereocenters. The molecule has 0 aromatic rings. The molecule has 0 spiro atoms. The molecule has 0 amide bonds. The lowest BCUT2D eigenvalue weighted by molar-refractivity contribution is 0.0443. The van der Waals surface area contributed by atoms with Gasteiger partial charge in [-0.3, -0.25) is 9.80 Å². The van der Waals surface area contributed by atoms with E-state index in [0.717, 1.165) is 18.0 Å². The molecular weight excluding hydrogens is 246 g/mol. The van der Waals surface area contributed by atoms with Gasteiger partial charge in [0.05, 0.1) is 0 Å². The standard InChI is InChI=1S/C14H27N3.ClH/c1-12-9-16-8-2-3-14(16)11-17(12)10-13-4-6-15-7-5-13;/h12-15H,2-11H2,1H3;1H. The van der Waals surface area contributed by atoms with E-state index in [1.165, 1.54) is 65.0 Å². The van der Waals surface area contributed by atoms with Crippen LogP contribution in [0.3, 0.4) is 0 Å². The smallest absolute Gasteiger partial charge is 0.0224 e. The molecule has 3 rings (SSSR count). The Morgan fingerprint density at radius 3 is 2.67 bits per heavy atom. The molecule has 4 heteroatoms. The zero-order valence-electron chi connectivity index (χ0n) is 11.6. The van der Waals surface area contributed by atoms with Crippen molar-refractivity contribution in [2.75, 3.05) is 39.3 Å². The van der Waals surface area contributed by atoms with E-state index in [-0.39, 0.29) is 12.4 Å². The normalized spacial score (nSPS) is 35.2. The Kier molecular flexibility index (Phi) is 5.31. The van der Waals surface area contributed by atoms with Gasteiger partial charge in [-0.25, -0.2) is 0 Å². The molecule has 0 aromatic heterocycles. The van der Waals surface area contributed by atoms with Crippen LogP contribution in [-0.2, 0) is 0 Å². The molecule has 3 fully saturated rings. The highest BCUT2D eigenvalue weighted by Gasteiger charge is 2.34. The molecule has 1 N–H and O–H groups in total. The van der Waals surface area contributed by atoms with E-state index in [1.807, 2.05) is 0 Å². The summed E-state index contributed by atoms with van der Waals surface area (Å²) in [4.78, 5) is 5.51. The van der Waals surface area contributed by atoms with Crippen molar-refractivity contribution in [3.63, 3.8) is 0 Å². The minimum atomic E-state index is 0. The average molecular weight is 274 g/mol. The number of rotatable bonds is 2. The number of hydrogen-bond acceptors (Lipinski definition) is 3. The summed E-state index contributed by atoms with van der Waals surface area (Å²) in [6, 6.07) is 1.66. The van der Waals surface area contributed by atoms with Crippen molar-refractivity contribution in [1.82, 2.24) is 15.1 Å². The number of nitrogens with one attached hydrogen (secondary N) is 1. The molecular formula is C14H28ClN3. The summed E-state index contributed by atoms with van der Waals surface area (Å²) >= 11 is 0. The summed E-state index contributed by atoms with van der Waals surface area (Å²) in [5.74, 6) is 0.951. The summed E-state index contributed by atoms with van der Waals surface area (Å²) in [6.45, 7) is 10.3. The Labute approximate surface area is 118 Å². The molecule has 0 aliphatic carbocycles. The van der Waals surface area contributed by atoms with Crippen LogP contribution in [0.5, 0.6) is 0 Å². The maximum Gasteiger partial charge on any atom is 0.0224 e. The van der Waals surface area contributed by atoms with E-state index >= 15 is 0 Å². The number of piperidine rings is 1. The summed E-state index contributed by atoms with van der Waals surface area (Å²) in [6.07, 6.45) is 5.64. The molecule has 0 bridgehead atoms. The third-order valence-electron chi connectivity index (χ3n) is 5.02. The van der Waals surface area contributed by atoms with Gasteiger partial charge in [0.2, 0.25) is 0 Å². The Balaban J connectivity index is 0.00000120. The van der Waals surface area contributed by atoms with Gasteiger partial charge in [0.15, 0.2) is 0 Å². The number of hydrogen-bond donors (Lipinski definition) is 1. The molecule has 18 heavy (non-hydrogen) atoms. The first-order valence-electron chi connectivity index (χ1n) is 7.52. The summed E-state index contributed by atoms with van der Waals surface area (Å²) in [7, 11) is 0. The molecule has 3 saturated heterocycles. The maximum absolute atomic E-state index is 3.47. The Morgan fingerprint density at radius 1 is 1.11 bits per heavy atom. The summed E-state index contributed by atoms with van der Waals surface area (Å²) < 4.78 is 0. The molecule has 0 radical (unpaired) electrons. The minimum absolute atomic E-state index is 0. The second-order valence-corrected chi connectivity index (χ2v) is 6.29. The van der Waals surface area contributed by atoms with Crippen molar-refractivity contribution in [2.45, 2.75) is 44.7 Å². The molecule has 3 aliphatic heterocycles. The zero-order chi connectivity index (χ0) is 11.7. The van der Waals surface area contributed by atoms with Gasteiger partial charge < -0.3 is 5.32 Å². The Bertz CT molecular complexity index is 255. The van der Waals surface area contributed by atoms with Gasteiger partial charge >= 0.3 is 0 Å². The number of fused-ring (bicyclic) bond motifs is 1. The SMILES string of the molecule is CC1CN2CCCC2CN1CC1CCNCC1.Cl. The third kappa shape index (κ3) is 3.19. The highest BCUT2D eigenvalue weighted by molar-refractivity contribution is 5.85. The number of halogens is 1. The van der Waals surface area contributed by atoms with Crippen molar-refractivity contribution in [3.8, 4) is 0 Å². The fraction of sp³-hybridized carbons (Fsp3) is 1.00. The van der Waals surface area contributed by atoms with Crippen molar-refractivity contribution < 1.29 is 0 Å². The monoisotopic (exact) mass is 273 g/mol. The van der Waals surface area contributed by atoms with Crippen LogP contribution in [0.4, 0.5) is 0 Å². The van der Waals surface area contributed by atoms with Crippen LogP contribution in [-0.4, -0.2) is 61.2 Å². The fourth-order valence-corrected chi connectivity index (χ4v) is 3.90. The first kappa shape index (κ1) is 14.6. The van der Waals surface area contributed by atoms with Crippen LogP contribution >= 0.6 is 12.4 Å². The predicted octanol–water partition coefficient (Wildman–Crippen LogP) is 1.58. The lowest BCUT2D eigenvalue weighted by atomic mass is 9.96. The van der Waals surface area contributed by atoms with Gasteiger partial charge in [0.25, 0.3) is 0 Å².